The summed E-state index contributed by atoms with van der Waals surface area (Å²) >= 11 is 0. The molecule has 0 heterocycles. The maximum Gasteiger partial charge on any atom is 0.319 e. The summed E-state index contributed by atoms with van der Waals surface area (Å²) in [5.74, 6) is -0.216. The summed E-state index contributed by atoms with van der Waals surface area (Å²) in [6.45, 7) is 5.69. The normalized spacial score (nSPS) is 10.3. The molecule has 2 rings (SSSR count). The van der Waals surface area contributed by atoms with Gasteiger partial charge in [-0.1, -0.05) is 29.8 Å². The highest BCUT2D eigenvalue weighted by Gasteiger charge is 2.11. The Kier molecular flexibility index (Phi) is 5.36. The average Bonchev–Trinajstić information content (AvgIpc) is 2.48. The number of aryl methyl sites for hydroxylation is 1. The lowest BCUT2D eigenvalue weighted by atomic mass is 10.1. The topological polar surface area (TPSA) is 70.2 Å². The van der Waals surface area contributed by atoms with Crippen molar-refractivity contribution < 1.29 is 9.59 Å². The number of nitrogens with one attached hydrogen (secondary N) is 3. The first-order chi connectivity index (χ1) is 11.0. The van der Waals surface area contributed by atoms with Crippen LogP contribution in [-0.4, -0.2) is 18.0 Å². The first kappa shape index (κ1) is 16.5. The summed E-state index contributed by atoms with van der Waals surface area (Å²) in [4.78, 5) is 24.2. The Morgan fingerprint density at radius 3 is 2.17 bits per heavy atom. The van der Waals surface area contributed by atoms with Crippen LogP contribution < -0.4 is 16.0 Å². The van der Waals surface area contributed by atoms with Gasteiger partial charge in [0.05, 0.1) is 11.4 Å². The number of amides is 3. The van der Waals surface area contributed by atoms with Crippen LogP contribution in [0.15, 0.2) is 48.5 Å². The second-order valence-corrected chi connectivity index (χ2v) is 5.62. The maximum atomic E-state index is 12.3. The summed E-state index contributed by atoms with van der Waals surface area (Å²) in [5.41, 5.74) is 2.69. The highest BCUT2D eigenvalue weighted by molar-refractivity contribution is 6.07. The zero-order valence-electron chi connectivity index (χ0n) is 13.5. The van der Waals surface area contributed by atoms with Crippen LogP contribution in [0.3, 0.4) is 0 Å². The van der Waals surface area contributed by atoms with Crippen LogP contribution >= 0.6 is 0 Å². The van der Waals surface area contributed by atoms with E-state index in [-0.39, 0.29) is 18.0 Å². The number of carbonyl (C=O) groups is 2. The van der Waals surface area contributed by atoms with Gasteiger partial charge in [0.2, 0.25) is 0 Å². The fourth-order valence-electron chi connectivity index (χ4n) is 2.10. The lowest BCUT2D eigenvalue weighted by Gasteiger charge is -2.14. The minimum atomic E-state index is -0.308. The number of carbonyl (C=O) groups excluding carboxylic acids is 2. The third-order valence-electron chi connectivity index (χ3n) is 3.12. The fraction of sp³-hybridized carbons (Fsp3) is 0.222. The molecule has 5 nitrogen and oxygen atoms in total. The molecule has 3 N–H and O–H groups in total. The zero-order valence-corrected chi connectivity index (χ0v) is 13.5. The number of urea groups is 1. The van der Waals surface area contributed by atoms with Crippen molar-refractivity contribution in [3.05, 3.63) is 59.7 Å². The summed E-state index contributed by atoms with van der Waals surface area (Å²) in [6, 6.07) is 14.2. The molecule has 23 heavy (non-hydrogen) atoms. The monoisotopic (exact) mass is 311 g/mol. The molecule has 120 valence electrons. The highest BCUT2D eigenvalue weighted by Crippen LogP contribution is 2.21. The molecule has 3 amide bonds. The van der Waals surface area contributed by atoms with Crippen LogP contribution in [-0.2, 0) is 0 Å². The first-order valence-corrected chi connectivity index (χ1v) is 7.50. The number of hydrogen-bond acceptors (Lipinski definition) is 2. The van der Waals surface area contributed by atoms with Crippen molar-refractivity contribution in [3.63, 3.8) is 0 Å². The van der Waals surface area contributed by atoms with Crippen LogP contribution in [0.2, 0.25) is 0 Å². The molecule has 0 aliphatic rings. The van der Waals surface area contributed by atoms with Crippen LogP contribution in [0.1, 0.15) is 29.8 Å². The minimum Gasteiger partial charge on any atom is -0.336 e. The van der Waals surface area contributed by atoms with Gasteiger partial charge >= 0.3 is 6.03 Å². The van der Waals surface area contributed by atoms with E-state index in [1.54, 1.807) is 30.3 Å². The summed E-state index contributed by atoms with van der Waals surface area (Å²) in [7, 11) is 0. The van der Waals surface area contributed by atoms with E-state index in [9.17, 15) is 9.59 Å². The van der Waals surface area contributed by atoms with E-state index in [2.05, 4.69) is 16.0 Å². The van der Waals surface area contributed by atoms with Gasteiger partial charge in [0.1, 0.15) is 0 Å². The smallest absolute Gasteiger partial charge is 0.319 e. The van der Waals surface area contributed by atoms with Crippen molar-refractivity contribution in [2.24, 2.45) is 0 Å². The molecule has 5 heteroatoms. The van der Waals surface area contributed by atoms with Gasteiger partial charge < -0.3 is 16.0 Å². The van der Waals surface area contributed by atoms with Crippen molar-refractivity contribution in [2.45, 2.75) is 26.8 Å². The van der Waals surface area contributed by atoms with Gasteiger partial charge in [-0.15, -0.1) is 0 Å². The highest BCUT2D eigenvalue weighted by atomic mass is 16.2. The van der Waals surface area contributed by atoms with E-state index >= 15 is 0 Å². The van der Waals surface area contributed by atoms with Gasteiger partial charge in [0, 0.05) is 11.6 Å². The number of para-hydroxylation sites is 2. The SMILES string of the molecule is Cc1cccc(C(=O)Nc2ccccc2NC(=O)NC(C)C)c1. The Labute approximate surface area is 136 Å². The van der Waals surface area contributed by atoms with Crippen molar-refractivity contribution in [1.82, 2.24) is 5.32 Å². The lowest BCUT2D eigenvalue weighted by Crippen LogP contribution is -2.34. The molecule has 0 aliphatic heterocycles. The van der Waals surface area contributed by atoms with E-state index in [0.717, 1.165) is 5.56 Å². The molecule has 0 bridgehead atoms. The Hall–Kier alpha value is -2.82. The lowest BCUT2D eigenvalue weighted by molar-refractivity contribution is 0.102. The molecule has 0 fully saturated rings. The van der Waals surface area contributed by atoms with Crippen molar-refractivity contribution >= 4 is 23.3 Å². The van der Waals surface area contributed by atoms with Crippen LogP contribution in [0.25, 0.3) is 0 Å². The summed E-state index contributed by atoms with van der Waals surface area (Å²) in [6.07, 6.45) is 0. The first-order valence-electron chi connectivity index (χ1n) is 7.50. The Balaban J connectivity index is 2.14. The van der Waals surface area contributed by atoms with Gasteiger partial charge in [-0.25, -0.2) is 4.79 Å². The third-order valence-corrected chi connectivity index (χ3v) is 3.12. The molecule has 0 aromatic heterocycles. The second-order valence-electron chi connectivity index (χ2n) is 5.62. The average molecular weight is 311 g/mol. The molecule has 0 saturated carbocycles. The number of anilines is 2. The molecule has 0 saturated heterocycles. The molecular formula is C18H21N3O2. The maximum absolute atomic E-state index is 12.3. The Morgan fingerprint density at radius 1 is 0.913 bits per heavy atom. The predicted octanol–water partition coefficient (Wildman–Crippen LogP) is 3.78. The van der Waals surface area contributed by atoms with E-state index in [1.165, 1.54) is 0 Å². The second kappa shape index (κ2) is 7.45. The number of benzene rings is 2. The fourth-order valence-corrected chi connectivity index (χ4v) is 2.10. The van der Waals surface area contributed by atoms with Gasteiger partial charge in [0.15, 0.2) is 0 Å². The largest absolute Gasteiger partial charge is 0.336 e. The van der Waals surface area contributed by atoms with Crippen LogP contribution in [0.4, 0.5) is 16.2 Å². The van der Waals surface area contributed by atoms with Crippen molar-refractivity contribution in [2.75, 3.05) is 10.6 Å². The minimum absolute atomic E-state index is 0.0315. The molecule has 0 aliphatic carbocycles. The number of rotatable bonds is 4. The van der Waals surface area contributed by atoms with Gasteiger partial charge in [0.25, 0.3) is 5.91 Å². The van der Waals surface area contributed by atoms with Gasteiger partial charge in [-0.2, -0.15) is 0 Å². The molecule has 0 radical (unpaired) electrons. The summed E-state index contributed by atoms with van der Waals surface area (Å²) in [5, 5.41) is 8.32. The van der Waals surface area contributed by atoms with E-state index in [4.69, 9.17) is 0 Å². The zero-order chi connectivity index (χ0) is 16.8. The molecule has 2 aromatic rings. The van der Waals surface area contributed by atoms with E-state index in [1.807, 2.05) is 39.0 Å². The van der Waals surface area contributed by atoms with Crippen molar-refractivity contribution in [3.8, 4) is 0 Å². The van der Waals surface area contributed by atoms with E-state index < -0.39 is 0 Å². The van der Waals surface area contributed by atoms with Gasteiger partial charge in [-0.05, 0) is 45.0 Å². The number of hydrogen-bond donors (Lipinski definition) is 3. The van der Waals surface area contributed by atoms with E-state index in [0.29, 0.717) is 16.9 Å². The predicted molar refractivity (Wildman–Crippen MR) is 92.9 cm³/mol. The third kappa shape index (κ3) is 4.85. The summed E-state index contributed by atoms with van der Waals surface area (Å²) < 4.78 is 0. The molecular weight excluding hydrogens is 290 g/mol. The van der Waals surface area contributed by atoms with Crippen LogP contribution in [0, 0.1) is 6.92 Å². The quantitative estimate of drug-likeness (QED) is 0.804. The molecule has 0 spiro atoms. The molecule has 0 unspecified atom stereocenters. The van der Waals surface area contributed by atoms with Crippen molar-refractivity contribution in [1.29, 1.82) is 0 Å². The molecule has 2 aromatic carbocycles. The Bertz CT molecular complexity index is 711. The Morgan fingerprint density at radius 2 is 1.57 bits per heavy atom. The van der Waals surface area contributed by atoms with Crippen LogP contribution in [0.5, 0.6) is 0 Å². The standard InChI is InChI=1S/C18H21N3O2/c1-12(2)19-18(23)21-16-10-5-4-9-15(16)20-17(22)14-8-6-7-13(3)11-14/h4-12H,1-3H3,(H,20,22)(H2,19,21,23). The molecule has 0 atom stereocenters. The van der Waals surface area contributed by atoms with Gasteiger partial charge in [-0.3, -0.25) is 4.79 Å².